The third-order valence-electron chi connectivity index (χ3n) is 3.44. The molecule has 0 bridgehead atoms. The van der Waals surface area contributed by atoms with E-state index < -0.39 is 0 Å². The maximum atomic E-state index is 12.2. The van der Waals surface area contributed by atoms with E-state index in [-0.39, 0.29) is 12.5 Å². The number of benzene rings is 2. The lowest BCUT2D eigenvalue weighted by molar-refractivity contribution is -0.118. The van der Waals surface area contributed by atoms with Gasteiger partial charge in [0.25, 0.3) is 5.91 Å². The molecule has 0 spiro atoms. The van der Waals surface area contributed by atoms with Crippen molar-refractivity contribution in [3.8, 4) is 28.7 Å². The van der Waals surface area contributed by atoms with Gasteiger partial charge in [0, 0.05) is 30.3 Å². The summed E-state index contributed by atoms with van der Waals surface area (Å²) in [5, 5.41) is 3.08. The van der Waals surface area contributed by atoms with Gasteiger partial charge < -0.3 is 29.0 Å². The van der Waals surface area contributed by atoms with E-state index in [4.69, 9.17) is 35.3 Å². The topological polar surface area (TPSA) is 75.3 Å². The van der Waals surface area contributed by atoms with Crippen molar-refractivity contribution < 1.29 is 28.5 Å². The molecule has 0 saturated carbocycles. The Bertz CT molecular complexity index is 758. The molecule has 0 unspecified atom stereocenters. The molecule has 0 radical (unpaired) electrons. The van der Waals surface area contributed by atoms with Crippen LogP contribution in [0.5, 0.6) is 28.7 Å². The molecule has 0 heterocycles. The molecule has 0 fully saturated rings. The van der Waals surface area contributed by atoms with Gasteiger partial charge in [0.15, 0.2) is 6.61 Å². The first kappa shape index (κ1) is 19.5. The van der Waals surface area contributed by atoms with Crippen LogP contribution < -0.4 is 29.0 Å². The van der Waals surface area contributed by atoms with Gasteiger partial charge in [-0.15, -0.1) is 0 Å². The molecule has 2 aromatic rings. The van der Waals surface area contributed by atoms with Crippen LogP contribution in [-0.4, -0.2) is 41.0 Å². The second kappa shape index (κ2) is 9.05. The fourth-order valence-electron chi connectivity index (χ4n) is 2.16. The number of hydrogen-bond acceptors (Lipinski definition) is 6. The van der Waals surface area contributed by atoms with Crippen LogP contribution in [0.4, 0.5) is 5.69 Å². The zero-order valence-corrected chi connectivity index (χ0v) is 15.7. The number of methoxy groups -OCH3 is 4. The molecular formula is C18H20ClNO6. The largest absolute Gasteiger partial charge is 0.496 e. The molecule has 1 N–H and O–H groups in total. The third kappa shape index (κ3) is 4.86. The van der Waals surface area contributed by atoms with Crippen molar-refractivity contribution >= 4 is 23.2 Å². The quantitative estimate of drug-likeness (QED) is 0.755. The van der Waals surface area contributed by atoms with Crippen LogP contribution >= 0.6 is 11.6 Å². The van der Waals surface area contributed by atoms with Crippen LogP contribution in [-0.2, 0) is 4.79 Å². The zero-order chi connectivity index (χ0) is 19.1. The molecule has 2 rings (SSSR count). The summed E-state index contributed by atoms with van der Waals surface area (Å²) >= 11 is 6.05. The van der Waals surface area contributed by atoms with Gasteiger partial charge in [0.1, 0.15) is 28.7 Å². The minimum absolute atomic E-state index is 0.218. The van der Waals surface area contributed by atoms with Crippen LogP contribution in [0.3, 0.4) is 0 Å². The Hall–Kier alpha value is -2.80. The molecule has 0 saturated heterocycles. The Labute approximate surface area is 156 Å². The number of rotatable bonds is 8. The number of ether oxygens (including phenoxy) is 5. The van der Waals surface area contributed by atoms with E-state index in [1.165, 1.54) is 28.4 Å². The molecule has 0 aromatic heterocycles. The van der Waals surface area contributed by atoms with Crippen molar-refractivity contribution in [3.05, 3.63) is 35.4 Å². The Balaban J connectivity index is 2.08. The molecular weight excluding hydrogens is 362 g/mol. The van der Waals surface area contributed by atoms with E-state index in [1.807, 2.05) is 0 Å². The first-order valence-electron chi connectivity index (χ1n) is 7.58. The summed E-state index contributed by atoms with van der Waals surface area (Å²) in [6.07, 6.45) is 0. The first-order chi connectivity index (χ1) is 12.5. The van der Waals surface area contributed by atoms with Gasteiger partial charge in [-0.2, -0.15) is 0 Å². The molecule has 8 heteroatoms. The molecule has 140 valence electrons. The number of hydrogen-bond donors (Lipinski definition) is 1. The minimum Gasteiger partial charge on any atom is -0.496 e. The number of carbonyl (C=O) groups is 1. The summed E-state index contributed by atoms with van der Waals surface area (Å²) in [5.74, 6) is 2.01. The van der Waals surface area contributed by atoms with Crippen LogP contribution in [0.1, 0.15) is 0 Å². The van der Waals surface area contributed by atoms with E-state index in [9.17, 15) is 4.79 Å². The van der Waals surface area contributed by atoms with Crippen LogP contribution in [0.15, 0.2) is 30.3 Å². The number of anilines is 1. The predicted molar refractivity (Wildman–Crippen MR) is 98.2 cm³/mol. The minimum atomic E-state index is -0.380. The maximum Gasteiger partial charge on any atom is 0.262 e. The van der Waals surface area contributed by atoms with E-state index in [0.29, 0.717) is 39.5 Å². The number of halogens is 1. The van der Waals surface area contributed by atoms with Gasteiger partial charge >= 0.3 is 0 Å². The smallest absolute Gasteiger partial charge is 0.262 e. The molecule has 1 amide bonds. The Morgan fingerprint density at radius 2 is 1.42 bits per heavy atom. The number of nitrogens with one attached hydrogen (secondary N) is 1. The highest BCUT2D eigenvalue weighted by atomic mass is 35.5. The van der Waals surface area contributed by atoms with Crippen LogP contribution in [0.25, 0.3) is 0 Å². The fourth-order valence-corrected chi connectivity index (χ4v) is 2.39. The summed E-state index contributed by atoms with van der Waals surface area (Å²) in [6, 6.07) is 8.15. The van der Waals surface area contributed by atoms with E-state index >= 15 is 0 Å². The summed E-state index contributed by atoms with van der Waals surface area (Å²) in [5.41, 5.74) is 0.422. The third-order valence-corrected chi connectivity index (χ3v) is 3.74. The molecule has 0 aliphatic rings. The van der Waals surface area contributed by atoms with Crippen molar-refractivity contribution in [2.75, 3.05) is 40.4 Å². The van der Waals surface area contributed by atoms with Crippen molar-refractivity contribution in [2.24, 2.45) is 0 Å². The molecule has 26 heavy (non-hydrogen) atoms. The summed E-state index contributed by atoms with van der Waals surface area (Å²) < 4.78 is 26.2. The van der Waals surface area contributed by atoms with Gasteiger partial charge in [-0.3, -0.25) is 4.79 Å². The van der Waals surface area contributed by atoms with Crippen molar-refractivity contribution in [3.63, 3.8) is 0 Å². The average molecular weight is 382 g/mol. The number of amides is 1. The van der Waals surface area contributed by atoms with Crippen molar-refractivity contribution in [1.82, 2.24) is 0 Å². The van der Waals surface area contributed by atoms with Gasteiger partial charge in [-0.1, -0.05) is 11.6 Å². The van der Waals surface area contributed by atoms with Gasteiger partial charge in [-0.25, -0.2) is 0 Å². The Morgan fingerprint density at radius 3 is 1.96 bits per heavy atom. The van der Waals surface area contributed by atoms with Gasteiger partial charge in [0.2, 0.25) is 0 Å². The van der Waals surface area contributed by atoms with Gasteiger partial charge in [0.05, 0.1) is 39.1 Å². The van der Waals surface area contributed by atoms with Crippen LogP contribution in [0, 0.1) is 0 Å². The van der Waals surface area contributed by atoms with Crippen LogP contribution in [0.2, 0.25) is 5.02 Å². The summed E-state index contributed by atoms with van der Waals surface area (Å²) in [6.45, 7) is -0.218. The Morgan fingerprint density at radius 1 is 0.846 bits per heavy atom. The highest BCUT2D eigenvalue weighted by Gasteiger charge is 2.13. The summed E-state index contributed by atoms with van der Waals surface area (Å²) in [4.78, 5) is 12.2. The first-order valence-corrected chi connectivity index (χ1v) is 7.95. The number of carbonyl (C=O) groups excluding carboxylic acids is 1. The highest BCUT2D eigenvalue weighted by molar-refractivity contribution is 6.32. The standard InChI is InChI=1S/C18H20ClNO6/c1-22-11-5-12(23-2)7-13(6-11)26-10-18(21)20-15-9-16(24-3)14(19)8-17(15)25-4/h5-9H,10H2,1-4H3,(H,20,21). The fraction of sp³-hybridized carbons (Fsp3) is 0.278. The lowest BCUT2D eigenvalue weighted by Crippen LogP contribution is -2.20. The zero-order valence-electron chi connectivity index (χ0n) is 14.9. The maximum absolute atomic E-state index is 12.2. The summed E-state index contributed by atoms with van der Waals surface area (Å²) in [7, 11) is 6.03. The SMILES string of the molecule is COc1cc(OC)cc(OCC(=O)Nc2cc(OC)c(Cl)cc2OC)c1. The van der Waals surface area contributed by atoms with E-state index in [1.54, 1.807) is 30.3 Å². The molecule has 2 aromatic carbocycles. The second-order valence-electron chi connectivity index (χ2n) is 5.07. The van der Waals surface area contributed by atoms with Crippen molar-refractivity contribution in [2.45, 2.75) is 0 Å². The highest BCUT2D eigenvalue weighted by Crippen LogP contribution is 2.35. The van der Waals surface area contributed by atoms with E-state index in [2.05, 4.69) is 5.32 Å². The van der Waals surface area contributed by atoms with E-state index in [0.717, 1.165) is 0 Å². The molecule has 0 aliphatic carbocycles. The van der Waals surface area contributed by atoms with Gasteiger partial charge in [-0.05, 0) is 0 Å². The predicted octanol–water partition coefficient (Wildman–Crippen LogP) is 3.39. The molecule has 0 aliphatic heterocycles. The lowest BCUT2D eigenvalue weighted by Gasteiger charge is -2.14. The Kier molecular flexibility index (Phi) is 6.80. The molecule has 0 atom stereocenters. The average Bonchev–Trinajstić information content (AvgIpc) is 2.66. The lowest BCUT2D eigenvalue weighted by atomic mass is 10.2. The normalized spacial score (nSPS) is 10.0. The second-order valence-corrected chi connectivity index (χ2v) is 5.48. The monoisotopic (exact) mass is 381 g/mol. The van der Waals surface area contributed by atoms with Crippen molar-refractivity contribution in [1.29, 1.82) is 0 Å². The molecule has 7 nitrogen and oxygen atoms in total.